The molecule has 142 valence electrons. The summed E-state index contributed by atoms with van der Waals surface area (Å²) in [7, 11) is 0. The van der Waals surface area contributed by atoms with Crippen LogP contribution in [0.3, 0.4) is 0 Å². The summed E-state index contributed by atoms with van der Waals surface area (Å²) in [4.78, 5) is 8.88. The van der Waals surface area contributed by atoms with Crippen molar-refractivity contribution in [1.29, 1.82) is 0 Å². The van der Waals surface area contributed by atoms with Gasteiger partial charge in [0.1, 0.15) is 11.4 Å². The highest BCUT2D eigenvalue weighted by atomic mass is 19.3. The predicted octanol–water partition coefficient (Wildman–Crippen LogP) is 3.50. The van der Waals surface area contributed by atoms with E-state index in [1.165, 1.54) is 0 Å². The second-order valence-corrected chi connectivity index (χ2v) is 7.63. The van der Waals surface area contributed by atoms with Gasteiger partial charge in [-0.25, -0.2) is 18.4 Å². The van der Waals surface area contributed by atoms with Crippen molar-refractivity contribution in [1.82, 2.24) is 19.7 Å². The second kappa shape index (κ2) is 6.57. The number of aryl methyl sites for hydroxylation is 2. The smallest absolute Gasteiger partial charge is 0.253 e. The molecule has 0 amide bonds. The third kappa shape index (κ3) is 4.17. The number of rotatable bonds is 4. The van der Waals surface area contributed by atoms with Gasteiger partial charge in [0.05, 0.1) is 11.4 Å². The zero-order chi connectivity index (χ0) is 19.1. The SMILES string of the molecule is Cc1cc(C)n(-c2nc(NC3CCCC(F)(F)C3)cc(C(C)(C)O)n2)n1. The third-order valence-electron chi connectivity index (χ3n) is 4.53. The third-order valence-corrected chi connectivity index (χ3v) is 4.53. The fraction of sp³-hybridized carbons (Fsp3) is 0.611. The van der Waals surface area contributed by atoms with E-state index in [1.807, 2.05) is 19.9 Å². The zero-order valence-corrected chi connectivity index (χ0v) is 15.6. The maximum absolute atomic E-state index is 13.7. The van der Waals surface area contributed by atoms with Gasteiger partial charge in [-0.1, -0.05) is 0 Å². The summed E-state index contributed by atoms with van der Waals surface area (Å²) in [5.41, 5.74) is 0.882. The van der Waals surface area contributed by atoms with Gasteiger partial charge in [-0.15, -0.1) is 0 Å². The van der Waals surface area contributed by atoms with Crippen LogP contribution >= 0.6 is 0 Å². The number of hydrogen-bond donors (Lipinski definition) is 2. The van der Waals surface area contributed by atoms with Crippen LogP contribution in [0.4, 0.5) is 14.6 Å². The summed E-state index contributed by atoms with van der Waals surface area (Å²) in [5, 5.41) is 17.9. The highest BCUT2D eigenvalue weighted by Gasteiger charge is 2.36. The van der Waals surface area contributed by atoms with Gasteiger partial charge in [0, 0.05) is 30.6 Å². The Morgan fingerprint density at radius 2 is 2.00 bits per heavy atom. The average molecular weight is 365 g/mol. The van der Waals surface area contributed by atoms with Crippen LogP contribution in [-0.2, 0) is 5.60 Å². The average Bonchev–Trinajstić information content (AvgIpc) is 2.83. The van der Waals surface area contributed by atoms with Crippen LogP contribution in [0.1, 0.15) is 56.6 Å². The summed E-state index contributed by atoms with van der Waals surface area (Å²) in [6.07, 6.45) is 0.843. The molecule has 0 saturated heterocycles. The fourth-order valence-corrected chi connectivity index (χ4v) is 3.25. The number of nitrogens with zero attached hydrogens (tertiary/aromatic N) is 4. The number of anilines is 1. The van der Waals surface area contributed by atoms with Crippen LogP contribution in [0.5, 0.6) is 0 Å². The topological polar surface area (TPSA) is 75.9 Å². The standard InChI is InChI=1S/C18H25F2N5O/c1-11-8-12(2)25(24-11)16-22-14(17(3,4)26)9-15(23-16)21-13-6-5-7-18(19,20)10-13/h8-9,13,26H,5-7,10H2,1-4H3,(H,21,22,23). The molecule has 2 aromatic rings. The Balaban J connectivity index is 1.97. The van der Waals surface area contributed by atoms with E-state index in [4.69, 9.17) is 0 Å². The summed E-state index contributed by atoms with van der Waals surface area (Å²) in [6, 6.07) is 3.15. The van der Waals surface area contributed by atoms with E-state index in [1.54, 1.807) is 24.6 Å². The van der Waals surface area contributed by atoms with Gasteiger partial charge in [0.25, 0.3) is 5.95 Å². The summed E-state index contributed by atoms with van der Waals surface area (Å²) < 4.78 is 29.0. The molecular formula is C18H25F2N5O. The number of nitrogens with one attached hydrogen (secondary N) is 1. The number of hydrogen-bond acceptors (Lipinski definition) is 5. The van der Waals surface area contributed by atoms with Crippen LogP contribution in [0.2, 0.25) is 0 Å². The number of aliphatic hydroxyl groups is 1. The van der Waals surface area contributed by atoms with Crippen molar-refractivity contribution in [3.63, 3.8) is 0 Å². The van der Waals surface area contributed by atoms with E-state index in [-0.39, 0.29) is 18.9 Å². The quantitative estimate of drug-likeness (QED) is 0.867. The van der Waals surface area contributed by atoms with Crippen LogP contribution < -0.4 is 5.32 Å². The van der Waals surface area contributed by atoms with Crippen LogP contribution in [0.25, 0.3) is 5.95 Å². The van der Waals surface area contributed by atoms with E-state index in [9.17, 15) is 13.9 Å². The normalized spacial score (nSPS) is 20.2. The van der Waals surface area contributed by atoms with Gasteiger partial charge in [0.2, 0.25) is 5.92 Å². The molecule has 0 aromatic carbocycles. The maximum Gasteiger partial charge on any atom is 0.253 e. The fourth-order valence-electron chi connectivity index (χ4n) is 3.25. The molecule has 26 heavy (non-hydrogen) atoms. The molecule has 1 atom stereocenters. The Hall–Kier alpha value is -2.09. The minimum atomic E-state index is -2.65. The van der Waals surface area contributed by atoms with Gasteiger partial charge in [-0.05, 0) is 46.6 Å². The predicted molar refractivity (Wildman–Crippen MR) is 94.7 cm³/mol. The first-order valence-corrected chi connectivity index (χ1v) is 8.83. The Labute approximate surface area is 151 Å². The Bertz CT molecular complexity index is 797. The van der Waals surface area contributed by atoms with E-state index in [0.29, 0.717) is 30.3 Å². The molecule has 0 bridgehead atoms. The molecule has 0 aliphatic heterocycles. The monoisotopic (exact) mass is 365 g/mol. The van der Waals surface area contributed by atoms with Gasteiger partial charge in [0.15, 0.2) is 0 Å². The molecule has 1 fully saturated rings. The molecule has 2 aromatic heterocycles. The molecule has 6 nitrogen and oxygen atoms in total. The van der Waals surface area contributed by atoms with Crippen LogP contribution in [-0.4, -0.2) is 36.8 Å². The molecule has 2 N–H and O–H groups in total. The van der Waals surface area contributed by atoms with E-state index in [2.05, 4.69) is 20.4 Å². The van der Waals surface area contributed by atoms with E-state index in [0.717, 1.165) is 11.4 Å². The Morgan fingerprint density at radius 1 is 1.27 bits per heavy atom. The van der Waals surface area contributed by atoms with Gasteiger partial charge in [-0.2, -0.15) is 10.1 Å². The first-order chi connectivity index (χ1) is 12.0. The van der Waals surface area contributed by atoms with Crippen molar-refractivity contribution >= 4 is 5.82 Å². The molecular weight excluding hydrogens is 340 g/mol. The highest BCUT2D eigenvalue weighted by Crippen LogP contribution is 2.34. The molecule has 2 heterocycles. The number of aromatic nitrogens is 4. The van der Waals surface area contributed by atoms with Crippen LogP contribution in [0, 0.1) is 13.8 Å². The summed E-state index contributed by atoms with van der Waals surface area (Å²) in [5.74, 6) is -1.93. The second-order valence-electron chi connectivity index (χ2n) is 7.63. The lowest BCUT2D eigenvalue weighted by Crippen LogP contribution is -2.34. The number of halogens is 2. The van der Waals surface area contributed by atoms with Gasteiger partial charge < -0.3 is 10.4 Å². The van der Waals surface area contributed by atoms with Crippen LogP contribution in [0.15, 0.2) is 12.1 Å². The minimum absolute atomic E-state index is 0.0686. The minimum Gasteiger partial charge on any atom is -0.384 e. The highest BCUT2D eigenvalue weighted by molar-refractivity contribution is 5.41. The van der Waals surface area contributed by atoms with E-state index < -0.39 is 11.5 Å². The molecule has 0 spiro atoms. The van der Waals surface area contributed by atoms with Crippen molar-refractivity contribution in [2.24, 2.45) is 0 Å². The van der Waals surface area contributed by atoms with Crippen molar-refractivity contribution in [2.75, 3.05) is 5.32 Å². The Kier molecular flexibility index (Phi) is 4.72. The maximum atomic E-state index is 13.7. The first-order valence-electron chi connectivity index (χ1n) is 8.83. The largest absolute Gasteiger partial charge is 0.384 e. The Morgan fingerprint density at radius 3 is 2.58 bits per heavy atom. The molecule has 1 saturated carbocycles. The molecule has 1 aliphatic carbocycles. The first kappa shape index (κ1) is 18.7. The lowest BCUT2D eigenvalue weighted by molar-refractivity contribution is -0.0373. The lowest BCUT2D eigenvalue weighted by atomic mass is 9.92. The van der Waals surface area contributed by atoms with Gasteiger partial charge in [-0.3, -0.25) is 0 Å². The molecule has 1 aliphatic rings. The van der Waals surface area contributed by atoms with Gasteiger partial charge >= 0.3 is 0 Å². The van der Waals surface area contributed by atoms with Crippen molar-refractivity contribution in [2.45, 2.75) is 70.9 Å². The number of alkyl halides is 2. The lowest BCUT2D eigenvalue weighted by Gasteiger charge is -2.30. The van der Waals surface area contributed by atoms with Crippen molar-refractivity contribution < 1.29 is 13.9 Å². The molecule has 8 heteroatoms. The molecule has 3 rings (SSSR count). The van der Waals surface area contributed by atoms with Crippen molar-refractivity contribution in [3.8, 4) is 5.95 Å². The summed E-state index contributed by atoms with van der Waals surface area (Å²) in [6.45, 7) is 7.00. The van der Waals surface area contributed by atoms with Crippen molar-refractivity contribution in [3.05, 3.63) is 29.2 Å². The summed E-state index contributed by atoms with van der Waals surface area (Å²) >= 11 is 0. The molecule has 0 radical (unpaired) electrons. The zero-order valence-electron chi connectivity index (χ0n) is 15.6. The molecule has 1 unspecified atom stereocenters. The van der Waals surface area contributed by atoms with E-state index >= 15 is 0 Å².